The van der Waals surface area contributed by atoms with Gasteiger partial charge in [-0.2, -0.15) is 0 Å². The summed E-state index contributed by atoms with van der Waals surface area (Å²) in [5.41, 5.74) is 0.351. The second kappa shape index (κ2) is 6.90. The van der Waals surface area contributed by atoms with Crippen LogP contribution in [0.25, 0.3) is 0 Å². The maximum absolute atomic E-state index is 12.2. The van der Waals surface area contributed by atoms with Crippen LogP contribution in [0.2, 0.25) is 0 Å². The van der Waals surface area contributed by atoms with E-state index in [1.54, 1.807) is 6.07 Å². The highest BCUT2D eigenvalue weighted by Crippen LogP contribution is 2.30. The fourth-order valence-electron chi connectivity index (χ4n) is 2.09. The van der Waals surface area contributed by atoms with Crippen LogP contribution in [0.15, 0.2) is 34.7 Å². The number of nitrogens with two attached hydrogens (primary N) is 1. The van der Waals surface area contributed by atoms with E-state index in [0.717, 1.165) is 24.2 Å². The van der Waals surface area contributed by atoms with E-state index in [-0.39, 0.29) is 28.5 Å². The molecule has 2 aromatic rings. The number of hydrogen-bond donors (Lipinski definition) is 3. The number of carbonyl (C=O) groups is 2. The number of nitrogens with zero attached hydrogens (tertiary/aromatic N) is 1. The van der Waals surface area contributed by atoms with Crippen LogP contribution in [-0.4, -0.2) is 25.2 Å². The normalized spacial score (nSPS) is 14.1. The summed E-state index contributed by atoms with van der Waals surface area (Å²) in [6, 6.07) is 6.03. The van der Waals surface area contributed by atoms with Crippen LogP contribution in [0.4, 0.5) is 5.82 Å². The first kappa shape index (κ1) is 17.5. The van der Waals surface area contributed by atoms with Crippen molar-refractivity contribution in [2.75, 3.05) is 5.32 Å². The molecule has 1 aliphatic rings. The zero-order valence-electron chi connectivity index (χ0n) is 13.1. The average molecular weight is 380 g/mol. The molecule has 1 saturated carbocycles. The van der Waals surface area contributed by atoms with Crippen LogP contribution >= 0.6 is 11.3 Å². The fraction of sp³-hybridized carbons (Fsp3) is 0.267. The fourth-order valence-corrected chi connectivity index (χ4v) is 3.81. The Kier molecular flexibility index (Phi) is 4.84. The molecule has 1 fully saturated rings. The summed E-state index contributed by atoms with van der Waals surface area (Å²) in [7, 11) is -3.73. The van der Waals surface area contributed by atoms with Crippen molar-refractivity contribution in [3.05, 3.63) is 40.9 Å². The van der Waals surface area contributed by atoms with Gasteiger partial charge in [0.2, 0.25) is 15.9 Å². The van der Waals surface area contributed by atoms with Gasteiger partial charge >= 0.3 is 0 Å². The Hall–Kier alpha value is -2.30. The summed E-state index contributed by atoms with van der Waals surface area (Å²) in [5.74, 6) is -0.0580. The van der Waals surface area contributed by atoms with Gasteiger partial charge in [-0.15, -0.1) is 11.3 Å². The van der Waals surface area contributed by atoms with Gasteiger partial charge in [0.15, 0.2) is 0 Å². The number of aromatic nitrogens is 1. The molecule has 0 unspecified atom stereocenters. The van der Waals surface area contributed by atoms with Crippen molar-refractivity contribution < 1.29 is 18.0 Å². The molecule has 10 heteroatoms. The third-order valence-corrected chi connectivity index (χ3v) is 6.09. The highest BCUT2D eigenvalue weighted by atomic mass is 32.2. The molecular formula is C15H16N4O4S2. The summed E-state index contributed by atoms with van der Waals surface area (Å²) in [4.78, 5) is 28.6. The number of nitrogens with one attached hydrogen (secondary N) is 2. The van der Waals surface area contributed by atoms with E-state index in [1.807, 2.05) is 0 Å². The minimum Gasteiger partial charge on any atom is -0.347 e. The number of carbonyl (C=O) groups excluding carboxylic acids is 2. The van der Waals surface area contributed by atoms with E-state index in [0.29, 0.717) is 16.3 Å². The first-order valence-corrected chi connectivity index (χ1v) is 9.86. The third kappa shape index (κ3) is 4.62. The molecule has 2 amide bonds. The first-order valence-electron chi connectivity index (χ1n) is 7.49. The van der Waals surface area contributed by atoms with Crippen molar-refractivity contribution in [3.63, 3.8) is 0 Å². The number of rotatable bonds is 6. The van der Waals surface area contributed by atoms with Gasteiger partial charge in [0.1, 0.15) is 10.0 Å². The minimum absolute atomic E-state index is 0.0470. The maximum Gasteiger partial charge on any atom is 0.251 e. The number of anilines is 1. The lowest BCUT2D eigenvalue weighted by Crippen LogP contribution is -2.23. The summed E-state index contributed by atoms with van der Waals surface area (Å²) in [6.07, 6.45) is 3.21. The molecule has 0 radical (unpaired) electrons. The van der Waals surface area contributed by atoms with E-state index in [9.17, 15) is 18.0 Å². The van der Waals surface area contributed by atoms with E-state index < -0.39 is 10.0 Å². The van der Waals surface area contributed by atoms with Crippen LogP contribution in [0.3, 0.4) is 0 Å². The molecule has 25 heavy (non-hydrogen) atoms. The van der Waals surface area contributed by atoms with Crippen molar-refractivity contribution in [2.45, 2.75) is 23.6 Å². The quantitative estimate of drug-likeness (QED) is 0.690. The zero-order valence-corrected chi connectivity index (χ0v) is 14.7. The van der Waals surface area contributed by atoms with Gasteiger partial charge in [-0.1, -0.05) is 0 Å². The molecule has 2 aromatic heterocycles. The molecule has 132 valence electrons. The van der Waals surface area contributed by atoms with Crippen molar-refractivity contribution in [2.24, 2.45) is 11.1 Å². The maximum atomic E-state index is 12.2. The second-order valence-electron chi connectivity index (χ2n) is 5.64. The molecule has 3 rings (SSSR count). The van der Waals surface area contributed by atoms with Crippen molar-refractivity contribution >= 4 is 39.0 Å². The molecule has 8 nitrogen and oxygen atoms in total. The van der Waals surface area contributed by atoms with E-state index >= 15 is 0 Å². The predicted octanol–water partition coefficient (Wildman–Crippen LogP) is 1.07. The molecule has 0 atom stereocenters. The van der Waals surface area contributed by atoms with Crippen molar-refractivity contribution in [1.29, 1.82) is 0 Å². The van der Waals surface area contributed by atoms with Gasteiger partial charge in [-0.05, 0) is 37.1 Å². The third-order valence-electron chi connectivity index (χ3n) is 3.56. The summed E-state index contributed by atoms with van der Waals surface area (Å²) in [5, 5.41) is 10.4. The monoisotopic (exact) mass is 380 g/mol. The number of thiophene rings is 1. The van der Waals surface area contributed by atoms with E-state index in [2.05, 4.69) is 15.6 Å². The summed E-state index contributed by atoms with van der Waals surface area (Å²) >= 11 is 1.00. The Morgan fingerprint density at radius 1 is 1.28 bits per heavy atom. The van der Waals surface area contributed by atoms with Crippen LogP contribution in [0.5, 0.6) is 0 Å². The summed E-state index contributed by atoms with van der Waals surface area (Å²) in [6.45, 7) is 0.172. The number of amides is 2. The Balaban J connectivity index is 1.61. The molecule has 2 heterocycles. The summed E-state index contributed by atoms with van der Waals surface area (Å²) < 4.78 is 22.5. The molecule has 0 aliphatic heterocycles. The molecule has 1 aliphatic carbocycles. The number of sulfonamides is 1. The molecule has 0 saturated heterocycles. The van der Waals surface area contributed by atoms with Crippen LogP contribution in [-0.2, 0) is 21.4 Å². The lowest BCUT2D eigenvalue weighted by Gasteiger charge is -2.07. The smallest absolute Gasteiger partial charge is 0.251 e. The Bertz CT molecular complexity index is 919. The molecular weight excluding hydrogens is 364 g/mol. The number of pyridine rings is 1. The van der Waals surface area contributed by atoms with Crippen LogP contribution in [0, 0.1) is 5.92 Å². The SMILES string of the molecule is NS(=O)(=O)c1ccc(CNC(=O)c2ccnc(NC(=O)C3CC3)c2)s1. The van der Waals surface area contributed by atoms with Crippen LogP contribution in [0.1, 0.15) is 28.1 Å². The topological polar surface area (TPSA) is 131 Å². The number of primary sulfonamides is 1. The Morgan fingerprint density at radius 3 is 2.68 bits per heavy atom. The zero-order chi connectivity index (χ0) is 18.0. The van der Waals surface area contributed by atoms with Gasteiger partial charge in [-0.3, -0.25) is 9.59 Å². The lowest BCUT2D eigenvalue weighted by molar-refractivity contribution is -0.117. The highest BCUT2D eigenvalue weighted by Gasteiger charge is 2.29. The molecule has 4 N–H and O–H groups in total. The largest absolute Gasteiger partial charge is 0.347 e. The number of hydrogen-bond acceptors (Lipinski definition) is 6. The second-order valence-corrected chi connectivity index (χ2v) is 8.60. The lowest BCUT2D eigenvalue weighted by atomic mass is 10.2. The molecule has 0 spiro atoms. The molecule has 0 aromatic carbocycles. The van der Waals surface area contributed by atoms with Gasteiger partial charge < -0.3 is 10.6 Å². The molecule has 0 bridgehead atoms. The van der Waals surface area contributed by atoms with Gasteiger partial charge in [0, 0.05) is 22.6 Å². The van der Waals surface area contributed by atoms with Gasteiger partial charge in [-0.25, -0.2) is 18.5 Å². The first-order chi connectivity index (χ1) is 11.8. The standard InChI is InChI=1S/C15H16N4O4S2/c16-25(22,23)13-4-3-11(24-13)8-18-14(20)10-5-6-17-12(7-10)19-15(21)9-1-2-9/h3-7,9H,1-2,8H2,(H,18,20)(H2,16,22,23)(H,17,19,21). The van der Waals surface area contributed by atoms with E-state index in [1.165, 1.54) is 24.4 Å². The van der Waals surface area contributed by atoms with E-state index in [4.69, 9.17) is 5.14 Å². The van der Waals surface area contributed by atoms with Gasteiger partial charge in [0.05, 0.1) is 6.54 Å². The average Bonchev–Trinajstić information content (AvgIpc) is 3.30. The Labute approximate surface area is 148 Å². The van der Waals surface area contributed by atoms with Gasteiger partial charge in [0.25, 0.3) is 5.91 Å². The van der Waals surface area contributed by atoms with Crippen molar-refractivity contribution in [1.82, 2.24) is 10.3 Å². The predicted molar refractivity (Wildman–Crippen MR) is 92.5 cm³/mol. The van der Waals surface area contributed by atoms with Crippen molar-refractivity contribution in [3.8, 4) is 0 Å². The highest BCUT2D eigenvalue weighted by molar-refractivity contribution is 7.91. The minimum atomic E-state index is -3.73. The van der Waals surface area contributed by atoms with Crippen LogP contribution < -0.4 is 15.8 Å². The Morgan fingerprint density at radius 2 is 2.04 bits per heavy atom.